The van der Waals surface area contributed by atoms with Gasteiger partial charge in [-0.15, -0.1) is 0 Å². The molecular weight excluding hydrogens is 270 g/mol. The number of esters is 1. The van der Waals surface area contributed by atoms with Crippen molar-refractivity contribution in [3.8, 4) is 5.69 Å². The standard InChI is InChI=1S/C15H19N3O3/c16-12-5-4-6-13(11-12)18-8-7-14(17-18)15(20)21-10-3-1-2-9-19/h4-8,11,19H,1-3,9-10,16H2. The molecule has 0 aliphatic rings. The van der Waals surface area contributed by atoms with E-state index in [1.54, 1.807) is 29.1 Å². The Morgan fingerprint density at radius 2 is 2.14 bits per heavy atom. The zero-order valence-electron chi connectivity index (χ0n) is 11.7. The van der Waals surface area contributed by atoms with Crippen LogP contribution in [0.1, 0.15) is 29.8 Å². The van der Waals surface area contributed by atoms with Crippen LogP contribution in [0, 0.1) is 0 Å². The molecule has 6 nitrogen and oxygen atoms in total. The first-order valence-corrected chi connectivity index (χ1v) is 6.90. The topological polar surface area (TPSA) is 90.4 Å². The lowest BCUT2D eigenvalue weighted by atomic mass is 10.2. The summed E-state index contributed by atoms with van der Waals surface area (Å²) in [6.45, 7) is 0.503. The molecule has 0 atom stereocenters. The Morgan fingerprint density at radius 3 is 2.90 bits per heavy atom. The normalized spacial score (nSPS) is 10.5. The molecule has 21 heavy (non-hydrogen) atoms. The molecule has 0 saturated heterocycles. The van der Waals surface area contributed by atoms with Gasteiger partial charge in [-0.1, -0.05) is 6.07 Å². The molecule has 0 unspecified atom stereocenters. The Bertz CT molecular complexity index is 595. The molecule has 0 bridgehead atoms. The molecule has 112 valence electrons. The van der Waals surface area contributed by atoms with E-state index in [4.69, 9.17) is 15.6 Å². The van der Waals surface area contributed by atoms with Gasteiger partial charge in [-0.2, -0.15) is 5.10 Å². The van der Waals surface area contributed by atoms with Gasteiger partial charge in [0.1, 0.15) is 0 Å². The summed E-state index contributed by atoms with van der Waals surface area (Å²) in [5.74, 6) is -0.443. The summed E-state index contributed by atoms with van der Waals surface area (Å²) in [6.07, 6.45) is 3.99. The smallest absolute Gasteiger partial charge is 0.358 e. The molecule has 0 aliphatic heterocycles. The number of aliphatic hydroxyl groups excluding tert-OH is 1. The van der Waals surface area contributed by atoms with Crippen LogP contribution >= 0.6 is 0 Å². The van der Waals surface area contributed by atoms with Gasteiger partial charge < -0.3 is 15.6 Å². The number of carbonyl (C=O) groups excluding carboxylic acids is 1. The number of ether oxygens (including phenoxy) is 1. The number of hydrogen-bond donors (Lipinski definition) is 2. The Hall–Kier alpha value is -2.34. The van der Waals surface area contributed by atoms with Crippen molar-refractivity contribution in [3.05, 3.63) is 42.2 Å². The van der Waals surface area contributed by atoms with E-state index in [1.807, 2.05) is 12.1 Å². The molecule has 0 aliphatic carbocycles. The highest BCUT2D eigenvalue weighted by Crippen LogP contribution is 2.12. The number of rotatable bonds is 7. The third-order valence-electron chi connectivity index (χ3n) is 2.97. The van der Waals surface area contributed by atoms with Crippen molar-refractivity contribution >= 4 is 11.7 Å². The zero-order chi connectivity index (χ0) is 15.1. The number of unbranched alkanes of at least 4 members (excludes halogenated alkanes) is 2. The predicted molar refractivity (Wildman–Crippen MR) is 79.2 cm³/mol. The molecular formula is C15H19N3O3. The van der Waals surface area contributed by atoms with Crippen molar-refractivity contribution < 1.29 is 14.6 Å². The van der Waals surface area contributed by atoms with Crippen LogP contribution in [0.5, 0.6) is 0 Å². The van der Waals surface area contributed by atoms with Gasteiger partial charge in [-0.25, -0.2) is 9.48 Å². The molecule has 0 spiro atoms. The van der Waals surface area contributed by atoms with Crippen LogP contribution in [0.15, 0.2) is 36.5 Å². The maximum absolute atomic E-state index is 11.8. The van der Waals surface area contributed by atoms with Gasteiger partial charge in [0, 0.05) is 18.5 Å². The molecule has 6 heteroatoms. The van der Waals surface area contributed by atoms with Gasteiger partial charge in [0.25, 0.3) is 0 Å². The van der Waals surface area contributed by atoms with Crippen molar-refractivity contribution in [1.82, 2.24) is 9.78 Å². The number of anilines is 1. The van der Waals surface area contributed by atoms with E-state index in [9.17, 15) is 4.79 Å². The number of nitrogens with zero attached hydrogens (tertiary/aromatic N) is 2. The van der Waals surface area contributed by atoms with Crippen LogP contribution in [0.2, 0.25) is 0 Å². The van der Waals surface area contributed by atoms with Crippen molar-refractivity contribution in [2.75, 3.05) is 18.9 Å². The van der Waals surface area contributed by atoms with E-state index in [2.05, 4.69) is 5.10 Å². The minimum atomic E-state index is -0.443. The van der Waals surface area contributed by atoms with Gasteiger partial charge >= 0.3 is 5.97 Å². The average Bonchev–Trinajstić information content (AvgIpc) is 2.97. The zero-order valence-corrected chi connectivity index (χ0v) is 11.7. The summed E-state index contributed by atoms with van der Waals surface area (Å²) in [7, 11) is 0. The van der Waals surface area contributed by atoms with E-state index >= 15 is 0 Å². The molecule has 0 fully saturated rings. The average molecular weight is 289 g/mol. The van der Waals surface area contributed by atoms with Crippen LogP contribution in [0.4, 0.5) is 5.69 Å². The Kier molecular flexibility index (Phi) is 5.34. The summed E-state index contributed by atoms with van der Waals surface area (Å²) >= 11 is 0. The lowest BCUT2D eigenvalue weighted by molar-refractivity contribution is 0.0489. The van der Waals surface area contributed by atoms with Crippen molar-refractivity contribution in [1.29, 1.82) is 0 Å². The van der Waals surface area contributed by atoms with Crippen LogP contribution in [-0.2, 0) is 4.74 Å². The molecule has 0 saturated carbocycles. The minimum Gasteiger partial charge on any atom is -0.461 e. The van der Waals surface area contributed by atoms with Crippen molar-refractivity contribution in [3.63, 3.8) is 0 Å². The first-order chi connectivity index (χ1) is 10.2. The van der Waals surface area contributed by atoms with Gasteiger partial charge in [-0.3, -0.25) is 0 Å². The van der Waals surface area contributed by atoms with Crippen LogP contribution < -0.4 is 5.73 Å². The maximum Gasteiger partial charge on any atom is 0.358 e. The van der Waals surface area contributed by atoms with E-state index in [1.165, 1.54) is 0 Å². The number of hydrogen-bond acceptors (Lipinski definition) is 5. The molecule has 0 amide bonds. The highest BCUT2D eigenvalue weighted by Gasteiger charge is 2.11. The first-order valence-electron chi connectivity index (χ1n) is 6.90. The predicted octanol–water partition coefficient (Wildman–Crippen LogP) is 1.77. The van der Waals surface area contributed by atoms with E-state index < -0.39 is 5.97 Å². The van der Waals surface area contributed by atoms with Crippen LogP contribution in [0.25, 0.3) is 5.69 Å². The minimum absolute atomic E-state index is 0.165. The second kappa shape index (κ2) is 7.44. The number of aliphatic hydroxyl groups is 1. The highest BCUT2D eigenvalue weighted by atomic mass is 16.5. The summed E-state index contributed by atoms with van der Waals surface area (Å²) in [6, 6.07) is 8.85. The van der Waals surface area contributed by atoms with Gasteiger partial charge in [0.15, 0.2) is 5.69 Å². The third-order valence-corrected chi connectivity index (χ3v) is 2.97. The number of aromatic nitrogens is 2. The van der Waals surface area contributed by atoms with Crippen LogP contribution in [-0.4, -0.2) is 34.1 Å². The van der Waals surface area contributed by atoms with Crippen molar-refractivity contribution in [2.24, 2.45) is 0 Å². The SMILES string of the molecule is Nc1cccc(-n2ccc(C(=O)OCCCCCO)n2)c1. The Morgan fingerprint density at radius 1 is 1.29 bits per heavy atom. The Labute approximate surface area is 123 Å². The number of benzene rings is 1. The fourth-order valence-corrected chi connectivity index (χ4v) is 1.87. The summed E-state index contributed by atoms with van der Waals surface area (Å²) in [5, 5.41) is 12.8. The van der Waals surface area contributed by atoms with Crippen LogP contribution in [0.3, 0.4) is 0 Å². The van der Waals surface area contributed by atoms with E-state index in [0.29, 0.717) is 12.3 Å². The molecule has 0 radical (unpaired) electrons. The summed E-state index contributed by atoms with van der Waals surface area (Å²) < 4.78 is 6.71. The molecule has 2 rings (SSSR count). The molecule has 1 heterocycles. The monoisotopic (exact) mass is 289 g/mol. The Balaban J connectivity index is 1.92. The number of carbonyl (C=O) groups is 1. The quantitative estimate of drug-likeness (QED) is 0.460. The largest absolute Gasteiger partial charge is 0.461 e. The molecule has 3 N–H and O–H groups in total. The third kappa shape index (κ3) is 4.32. The van der Waals surface area contributed by atoms with Gasteiger partial charge in [-0.05, 0) is 43.5 Å². The maximum atomic E-state index is 11.8. The van der Waals surface area contributed by atoms with Gasteiger partial charge in [0.2, 0.25) is 0 Å². The highest BCUT2D eigenvalue weighted by molar-refractivity contribution is 5.87. The number of nitrogens with two attached hydrogens (primary N) is 1. The molecule has 1 aromatic carbocycles. The molecule has 1 aromatic heterocycles. The fraction of sp³-hybridized carbons (Fsp3) is 0.333. The molecule has 2 aromatic rings. The van der Waals surface area contributed by atoms with E-state index in [-0.39, 0.29) is 12.3 Å². The second-order valence-corrected chi connectivity index (χ2v) is 4.66. The lowest BCUT2D eigenvalue weighted by Crippen LogP contribution is -2.08. The number of nitrogen functional groups attached to an aromatic ring is 1. The fourth-order valence-electron chi connectivity index (χ4n) is 1.87. The summed E-state index contributed by atoms with van der Waals surface area (Å²) in [5.41, 5.74) is 7.41. The second-order valence-electron chi connectivity index (χ2n) is 4.66. The van der Waals surface area contributed by atoms with Crippen molar-refractivity contribution in [2.45, 2.75) is 19.3 Å². The van der Waals surface area contributed by atoms with E-state index in [0.717, 1.165) is 24.9 Å². The summed E-state index contributed by atoms with van der Waals surface area (Å²) in [4.78, 5) is 11.8. The first kappa shape index (κ1) is 15.1. The lowest BCUT2D eigenvalue weighted by Gasteiger charge is -2.03. The van der Waals surface area contributed by atoms with Gasteiger partial charge in [0.05, 0.1) is 12.3 Å².